The lowest BCUT2D eigenvalue weighted by atomic mass is 10.2. The van der Waals surface area contributed by atoms with Crippen LogP contribution in [0.15, 0.2) is 12.1 Å². The van der Waals surface area contributed by atoms with Gasteiger partial charge in [-0.15, -0.1) is 15.3 Å². The number of rotatable bonds is 3. The number of methoxy groups -OCH3 is 1. The van der Waals surface area contributed by atoms with Crippen molar-refractivity contribution in [2.45, 2.75) is 37.6 Å². The van der Waals surface area contributed by atoms with Crippen LogP contribution in [0.1, 0.15) is 25.1 Å². The fraction of sp³-hybridized carbons (Fsp3) is 0.583. The van der Waals surface area contributed by atoms with E-state index in [2.05, 4.69) is 20.6 Å². The van der Waals surface area contributed by atoms with Crippen molar-refractivity contribution in [3.05, 3.63) is 18.0 Å². The van der Waals surface area contributed by atoms with Crippen LogP contribution < -0.4 is 5.32 Å². The van der Waals surface area contributed by atoms with E-state index in [9.17, 15) is 13.2 Å². The Bertz CT molecular complexity index is 641. The highest BCUT2D eigenvalue weighted by molar-refractivity contribution is 5.44. The molecule has 2 unspecified atom stereocenters. The predicted molar refractivity (Wildman–Crippen MR) is 67.8 cm³/mol. The zero-order chi connectivity index (χ0) is 15.0. The number of ether oxygens (including phenoxy) is 1. The Morgan fingerprint density at radius 2 is 2.10 bits per heavy atom. The maximum Gasteiger partial charge on any atom is 0.453 e. The van der Waals surface area contributed by atoms with Gasteiger partial charge in [-0.3, -0.25) is 0 Å². The first-order valence-electron chi connectivity index (χ1n) is 6.56. The van der Waals surface area contributed by atoms with Crippen molar-refractivity contribution in [2.24, 2.45) is 0 Å². The minimum atomic E-state index is -4.58. The first kappa shape index (κ1) is 14.1. The summed E-state index contributed by atoms with van der Waals surface area (Å²) >= 11 is 0. The summed E-state index contributed by atoms with van der Waals surface area (Å²) < 4.78 is 44.3. The molecule has 2 heterocycles. The van der Waals surface area contributed by atoms with Gasteiger partial charge in [0.1, 0.15) is 5.82 Å². The summed E-state index contributed by atoms with van der Waals surface area (Å²) in [5.41, 5.74) is 0.0639. The van der Waals surface area contributed by atoms with Gasteiger partial charge < -0.3 is 10.1 Å². The lowest BCUT2D eigenvalue weighted by Crippen LogP contribution is -2.19. The van der Waals surface area contributed by atoms with E-state index in [0.29, 0.717) is 10.3 Å². The summed E-state index contributed by atoms with van der Waals surface area (Å²) in [5.74, 6) is -0.753. The Balaban J connectivity index is 1.84. The summed E-state index contributed by atoms with van der Waals surface area (Å²) in [5, 5.41) is 13.7. The van der Waals surface area contributed by atoms with Crippen LogP contribution >= 0.6 is 0 Å². The minimum Gasteiger partial charge on any atom is -0.381 e. The molecule has 1 saturated carbocycles. The van der Waals surface area contributed by atoms with E-state index in [4.69, 9.17) is 4.74 Å². The van der Waals surface area contributed by atoms with Gasteiger partial charge in [-0.05, 0) is 31.4 Å². The molecule has 1 aliphatic rings. The van der Waals surface area contributed by atoms with E-state index in [-0.39, 0.29) is 17.8 Å². The molecule has 1 aliphatic carbocycles. The molecule has 21 heavy (non-hydrogen) atoms. The first-order chi connectivity index (χ1) is 9.97. The highest BCUT2D eigenvalue weighted by atomic mass is 19.4. The predicted octanol–water partition coefficient (Wildman–Crippen LogP) is 2.12. The van der Waals surface area contributed by atoms with E-state index in [1.807, 2.05) is 0 Å². The monoisotopic (exact) mass is 301 g/mol. The van der Waals surface area contributed by atoms with Crippen molar-refractivity contribution in [2.75, 3.05) is 12.4 Å². The van der Waals surface area contributed by atoms with Gasteiger partial charge in [-0.25, -0.2) is 0 Å². The van der Waals surface area contributed by atoms with E-state index in [0.717, 1.165) is 19.3 Å². The lowest BCUT2D eigenvalue weighted by Gasteiger charge is -2.13. The van der Waals surface area contributed by atoms with Gasteiger partial charge >= 0.3 is 6.18 Å². The van der Waals surface area contributed by atoms with Gasteiger partial charge in [0.15, 0.2) is 5.65 Å². The third-order valence-electron chi connectivity index (χ3n) is 3.59. The van der Waals surface area contributed by atoms with Crippen molar-refractivity contribution in [3.63, 3.8) is 0 Å². The number of halogens is 3. The molecule has 0 radical (unpaired) electrons. The second-order valence-electron chi connectivity index (χ2n) is 5.02. The molecule has 2 aromatic rings. The Morgan fingerprint density at radius 3 is 2.76 bits per heavy atom. The molecule has 0 spiro atoms. The molecule has 6 nitrogen and oxygen atoms in total. The topological polar surface area (TPSA) is 64.3 Å². The van der Waals surface area contributed by atoms with Crippen molar-refractivity contribution in [1.82, 2.24) is 19.8 Å². The van der Waals surface area contributed by atoms with Gasteiger partial charge in [0.25, 0.3) is 5.82 Å². The van der Waals surface area contributed by atoms with Crippen molar-refractivity contribution < 1.29 is 17.9 Å². The minimum absolute atomic E-state index is 0.0639. The summed E-state index contributed by atoms with van der Waals surface area (Å²) in [6.45, 7) is 0. The van der Waals surface area contributed by atoms with E-state index < -0.39 is 12.0 Å². The molecular weight excluding hydrogens is 287 g/mol. The standard InChI is InChI=1S/C12H14F3N5O/c1-21-8-3-2-7(6-8)16-9-4-5-10-17-18-11(12(13,14)15)20(10)19-9/h4-5,7-8H,2-3,6H2,1H3,(H,16,19). The molecule has 114 valence electrons. The van der Waals surface area contributed by atoms with E-state index in [1.165, 1.54) is 6.07 Å². The summed E-state index contributed by atoms with van der Waals surface area (Å²) in [6, 6.07) is 3.20. The summed E-state index contributed by atoms with van der Waals surface area (Å²) in [7, 11) is 1.66. The van der Waals surface area contributed by atoms with Crippen LogP contribution in [-0.4, -0.2) is 39.1 Å². The molecular formula is C12H14F3N5O. The number of anilines is 1. The van der Waals surface area contributed by atoms with Crippen molar-refractivity contribution >= 4 is 11.5 Å². The van der Waals surface area contributed by atoms with Gasteiger partial charge in [0, 0.05) is 13.2 Å². The van der Waals surface area contributed by atoms with Crippen LogP contribution in [0.3, 0.4) is 0 Å². The Hall–Kier alpha value is -1.90. The van der Waals surface area contributed by atoms with Crippen LogP contribution in [-0.2, 0) is 10.9 Å². The number of hydrogen-bond donors (Lipinski definition) is 1. The van der Waals surface area contributed by atoms with E-state index in [1.54, 1.807) is 13.2 Å². The molecule has 0 saturated heterocycles. The average Bonchev–Trinajstić information content (AvgIpc) is 3.03. The quantitative estimate of drug-likeness (QED) is 0.941. The zero-order valence-corrected chi connectivity index (χ0v) is 11.3. The summed E-state index contributed by atoms with van der Waals surface area (Å²) in [6.07, 6.45) is -1.76. The smallest absolute Gasteiger partial charge is 0.381 e. The number of nitrogens with one attached hydrogen (secondary N) is 1. The zero-order valence-electron chi connectivity index (χ0n) is 11.3. The van der Waals surface area contributed by atoms with Crippen LogP contribution in [0.25, 0.3) is 5.65 Å². The largest absolute Gasteiger partial charge is 0.453 e. The van der Waals surface area contributed by atoms with E-state index >= 15 is 0 Å². The molecule has 0 bridgehead atoms. The average molecular weight is 301 g/mol. The number of hydrogen-bond acceptors (Lipinski definition) is 5. The molecule has 1 N–H and O–H groups in total. The molecule has 3 rings (SSSR count). The molecule has 0 aliphatic heterocycles. The normalized spacial score (nSPS) is 22.9. The SMILES string of the molecule is COC1CCC(Nc2ccc3nnc(C(F)(F)F)n3n2)C1. The molecule has 1 fully saturated rings. The first-order valence-corrected chi connectivity index (χ1v) is 6.56. The maximum absolute atomic E-state index is 12.8. The third-order valence-corrected chi connectivity index (χ3v) is 3.59. The van der Waals surface area contributed by atoms with Gasteiger partial charge in [-0.1, -0.05) is 0 Å². The van der Waals surface area contributed by atoms with Crippen LogP contribution in [0, 0.1) is 0 Å². The van der Waals surface area contributed by atoms with Crippen LogP contribution in [0.2, 0.25) is 0 Å². The van der Waals surface area contributed by atoms with Gasteiger partial charge in [0.2, 0.25) is 0 Å². The highest BCUT2D eigenvalue weighted by Crippen LogP contribution is 2.28. The highest BCUT2D eigenvalue weighted by Gasteiger charge is 2.37. The molecule has 0 aromatic carbocycles. The number of nitrogens with zero attached hydrogens (tertiary/aromatic N) is 4. The lowest BCUT2D eigenvalue weighted by molar-refractivity contribution is -0.146. The van der Waals surface area contributed by atoms with Crippen LogP contribution in [0.5, 0.6) is 0 Å². The number of alkyl halides is 3. The second kappa shape index (κ2) is 5.14. The molecule has 2 atom stereocenters. The van der Waals surface area contributed by atoms with Gasteiger partial charge in [-0.2, -0.15) is 17.7 Å². The fourth-order valence-electron chi connectivity index (χ4n) is 2.54. The summed E-state index contributed by atoms with van der Waals surface area (Å²) in [4.78, 5) is 0. The van der Waals surface area contributed by atoms with Crippen molar-refractivity contribution in [3.8, 4) is 0 Å². The molecule has 2 aromatic heterocycles. The fourth-order valence-corrected chi connectivity index (χ4v) is 2.54. The Labute approximate surface area is 118 Å². The maximum atomic E-state index is 12.8. The second-order valence-corrected chi connectivity index (χ2v) is 5.02. The number of fused-ring (bicyclic) bond motifs is 1. The Morgan fingerprint density at radius 1 is 1.29 bits per heavy atom. The molecule has 9 heteroatoms. The Kier molecular flexibility index (Phi) is 3.44. The van der Waals surface area contributed by atoms with Crippen molar-refractivity contribution in [1.29, 1.82) is 0 Å². The molecule has 0 amide bonds. The number of aromatic nitrogens is 4. The third kappa shape index (κ3) is 2.78. The van der Waals surface area contributed by atoms with Gasteiger partial charge in [0.05, 0.1) is 6.10 Å². The van der Waals surface area contributed by atoms with Crippen LogP contribution in [0.4, 0.5) is 19.0 Å².